The summed E-state index contributed by atoms with van der Waals surface area (Å²) in [6, 6.07) is 0. The van der Waals surface area contributed by atoms with Gasteiger partial charge in [-0.05, 0) is 12.8 Å². The van der Waals surface area contributed by atoms with Crippen LogP contribution < -0.4 is 0 Å². The molecule has 1 atom stereocenters. The van der Waals surface area contributed by atoms with E-state index >= 15 is 0 Å². The van der Waals surface area contributed by atoms with Crippen molar-refractivity contribution in [2.75, 3.05) is 0 Å². The lowest BCUT2D eigenvalue weighted by molar-refractivity contribution is -0.141. The van der Waals surface area contributed by atoms with Crippen LogP contribution in [0.15, 0.2) is 0 Å². The largest absolute Gasteiger partial charge is 0.481 e. The average Bonchev–Trinajstić information content (AvgIpc) is 2.83. The molecule has 4 heteroatoms. The standard InChI is InChI=1S/C16H32O2.C15H30O2/c1-3-4-5-6-7-8-9-10-11-12-13-14-15(2)16(17)18;1-2-3-4-5-6-7-8-9-10-11-12-13-14-15(16)17/h15H,3-14H2,1-2H3,(H,17,18);2-14H2,1H3,(H,16,17). The number of hydrogen-bond donors (Lipinski definition) is 2. The molecule has 0 aromatic heterocycles. The van der Waals surface area contributed by atoms with Crippen molar-refractivity contribution in [1.29, 1.82) is 0 Å². The van der Waals surface area contributed by atoms with Gasteiger partial charge in [0.05, 0.1) is 5.92 Å². The first kappa shape index (κ1) is 36.1. The van der Waals surface area contributed by atoms with Gasteiger partial charge in [-0.1, -0.05) is 162 Å². The van der Waals surface area contributed by atoms with Gasteiger partial charge in [0, 0.05) is 6.42 Å². The number of aliphatic carboxylic acids is 2. The van der Waals surface area contributed by atoms with Crippen LogP contribution in [-0.4, -0.2) is 22.2 Å². The van der Waals surface area contributed by atoms with Gasteiger partial charge in [0.2, 0.25) is 0 Å². The lowest BCUT2D eigenvalue weighted by Gasteiger charge is -2.05. The van der Waals surface area contributed by atoms with Crippen LogP contribution in [0.2, 0.25) is 0 Å². The van der Waals surface area contributed by atoms with Crippen LogP contribution in [0.4, 0.5) is 0 Å². The molecule has 0 rings (SSSR count). The van der Waals surface area contributed by atoms with Gasteiger partial charge in [-0.2, -0.15) is 0 Å². The summed E-state index contributed by atoms with van der Waals surface area (Å²) in [6.45, 7) is 6.31. The molecular weight excluding hydrogens is 436 g/mol. The second kappa shape index (κ2) is 31.0. The highest BCUT2D eigenvalue weighted by molar-refractivity contribution is 5.69. The minimum absolute atomic E-state index is 0.163. The van der Waals surface area contributed by atoms with Gasteiger partial charge >= 0.3 is 11.9 Å². The topological polar surface area (TPSA) is 74.6 Å². The molecule has 1 unspecified atom stereocenters. The predicted molar refractivity (Wildman–Crippen MR) is 151 cm³/mol. The van der Waals surface area contributed by atoms with Gasteiger partial charge in [-0.15, -0.1) is 0 Å². The third-order valence-electron chi connectivity index (χ3n) is 6.91. The van der Waals surface area contributed by atoms with E-state index in [-0.39, 0.29) is 5.92 Å². The van der Waals surface area contributed by atoms with Crippen LogP contribution in [0.3, 0.4) is 0 Å². The second-order valence-electron chi connectivity index (χ2n) is 10.6. The maximum Gasteiger partial charge on any atom is 0.306 e. The molecule has 0 bridgehead atoms. The number of hydrogen-bond acceptors (Lipinski definition) is 2. The Kier molecular flexibility index (Phi) is 31.9. The molecule has 0 aromatic carbocycles. The molecule has 4 nitrogen and oxygen atoms in total. The molecule has 0 radical (unpaired) electrons. The lowest BCUT2D eigenvalue weighted by atomic mass is 10.0. The summed E-state index contributed by atoms with van der Waals surface area (Å²) in [5, 5.41) is 17.2. The van der Waals surface area contributed by atoms with Gasteiger partial charge in [-0.25, -0.2) is 0 Å². The van der Waals surface area contributed by atoms with Crippen molar-refractivity contribution in [3.8, 4) is 0 Å². The molecule has 0 amide bonds. The van der Waals surface area contributed by atoms with E-state index in [1.165, 1.54) is 128 Å². The lowest BCUT2D eigenvalue weighted by Crippen LogP contribution is -2.08. The van der Waals surface area contributed by atoms with Crippen molar-refractivity contribution >= 4 is 11.9 Å². The van der Waals surface area contributed by atoms with Crippen molar-refractivity contribution in [1.82, 2.24) is 0 Å². The molecule has 0 saturated carbocycles. The normalized spacial score (nSPS) is 11.6. The average molecular weight is 499 g/mol. The van der Waals surface area contributed by atoms with E-state index in [1.807, 2.05) is 0 Å². The fourth-order valence-corrected chi connectivity index (χ4v) is 4.36. The van der Waals surface area contributed by atoms with E-state index in [0.29, 0.717) is 6.42 Å². The van der Waals surface area contributed by atoms with Crippen molar-refractivity contribution in [2.24, 2.45) is 5.92 Å². The predicted octanol–water partition coefficient (Wildman–Crippen LogP) is 10.6. The number of rotatable bonds is 26. The summed E-state index contributed by atoms with van der Waals surface area (Å²) in [5.41, 5.74) is 0. The van der Waals surface area contributed by atoms with Crippen LogP contribution in [0.5, 0.6) is 0 Å². The zero-order chi connectivity index (χ0) is 26.4. The molecular formula is C31H62O4. The van der Waals surface area contributed by atoms with Crippen molar-refractivity contribution < 1.29 is 19.8 Å². The monoisotopic (exact) mass is 498 g/mol. The van der Waals surface area contributed by atoms with Crippen molar-refractivity contribution in [3.63, 3.8) is 0 Å². The Morgan fingerprint density at radius 3 is 1.06 bits per heavy atom. The number of carboxylic acid groups (broad SMARTS) is 2. The van der Waals surface area contributed by atoms with Gasteiger partial charge in [0.15, 0.2) is 0 Å². The Labute approximate surface area is 219 Å². The third kappa shape index (κ3) is 35.2. The zero-order valence-corrected chi connectivity index (χ0v) is 24.0. The van der Waals surface area contributed by atoms with E-state index in [9.17, 15) is 9.59 Å². The molecule has 0 aliphatic carbocycles. The smallest absolute Gasteiger partial charge is 0.306 e. The van der Waals surface area contributed by atoms with E-state index in [4.69, 9.17) is 10.2 Å². The van der Waals surface area contributed by atoms with Crippen LogP contribution in [-0.2, 0) is 9.59 Å². The highest BCUT2D eigenvalue weighted by Gasteiger charge is 2.09. The molecule has 35 heavy (non-hydrogen) atoms. The highest BCUT2D eigenvalue weighted by Crippen LogP contribution is 2.14. The fraction of sp³-hybridized carbons (Fsp3) is 0.935. The summed E-state index contributed by atoms with van der Waals surface area (Å²) in [6.07, 6.45) is 31.2. The van der Waals surface area contributed by atoms with Crippen molar-refractivity contribution in [2.45, 2.75) is 181 Å². The Bertz CT molecular complexity index is 436. The van der Waals surface area contributed by atoms with Crippen LogP contribution in [0, 0.1) is 5.92 Å². The molecule has 0 fully saturated rings. The third-order valence-corrected chi connectivity index (χ3v) is 6.91. The maximum atomic E-state index is 10.6. The van der Waals surface area contributed by atoms with Crippen LogP contribution >= 0.6 is 0 Å². The minimum Gasteiger partial charge on any atom is -0.481 e. The minimum atomic E-state index is -0.655. The van der Waals surface area contributed by atoms with Gasteiger partial charge < -0.3 is 10.2 Å². The molecule has 2 N–H and O–H groups in total. The molecule has 0 spiro atoms. The van der Waals surface area contributed by atoms with E-state index in [1.54, 1.807) is 6.92 Å². The maximum absolute atomic E-state index is 10.6. The van der Waals surface area contributed by atoms with Gasteiger partial charge in [0.25, 0.3) is 0 Å². The first-order valence-corrected chi connectivity index (χ1v) is 15.4. The molecule has 0 aliphatic rings. The quantitative estimate of drug-likeness (QED) is 0.116. The molecule has 0 aliphatic heterocycles. The first-order valence-electron chi connectivity index (χ1n) is 15.4. The fourth-order valence-electron chi connectivity index (χ4n) is 4.36. The van der Waals surface area contributed by atoms with E-state index in [2.05, 4.69) is 13.8 Å². The summed E-state index contributed by atoms with van der Waals surface area (Å²) in [7, 11) is 0. The SMILES string of the molecule is CCCCCCCCCCCCCC(C)C(=O)O.CCCCCCCCCCCCCCC(=O)O. The van der Waals surface area contributed by atoms with Crippen LogP contribution in [0.25, 0.3) is 0 Å². The number of carbonyl (C=O) groups is 2. The number of carboxylic acids is 2. The van der Waals surface area contributed by atoms with E-state index in [0.717, 1.165) is 25.7 Å². The molecule has 0 aromatic rings. The summed E-state index contributed by atoms with van der Waals surface area (Å²) in [5.74, 6) is -1.47. The summed E-state index contributed by atoms with van der Waals surface area (Å²) < 4.78 is 0. The Balaban J connectivity index is 0. The zero-order valence-electron chi connectivity index (χ0n) is 24.0. The first-order chi connectivity index (χ1) is 17.0. The van der Waals surface area contributed by atoms with Crippen molar-refractivity contribution in [3.05, 3.63) is 0 Å². The van der Waals surface area contributed by atoms with Crippen LogP contribution in [0.1, 0.15) is 181 Å². The molecule has 0 saturated heterocycles. The Hall–Kier alpha value is -1.06. The summed E-state index contributed by atoms with van der Waals surface area (Å²) in [4.78, 5) is 20.9. The van der Waals surface area contributed by atoms with E-state index < -0.39 is 11.9 Å². The summed E-state index contributed by atoms with van der Waals surface area (Å²) >= 11 is 0. The molecule has 210 valence electrons. The Morgan fingerprint density at radius 2 is 0.771 bits per heavy atom. The molecule has 0 heterocycles. The second-order valence-corrected chi connectivity index (χ2v) is 10.6. The van der Waals surface area contributed by atoms with Gasteiger partial charge in [-0.3, -0.25) is 9.59 Å². The Morgan fingerprint density at radius 1 is 0.486 bits per heavy atom. The van der Waals surface area contributed by atoms with Gasteiger partial charge in [0.1, 0.15) is 0 Å². The number of unbranched alkanes of at least 4 members (excludes halogenated alkanes) is 21. The highest BCUT2D eigenvalue weighted by atomic mass is 16.4.